The molecule has 0 radical (unpaired) electrons. The molecule has 20 rings (SSSR count). The van der Waals surface area contributed by atoms with E-state index in [1.165, 1.54) is 52.6 Å². The normalized spacial score (nSPS) is 16.4. The fraction of sp³-hybridized carbons (Fsp3) is 0.264. The number of urea groups is 3. The maximum absolute atomic E-state index is 14.3. The summed E-state index contributed by atoms with van der Waals surface area (Å²) in [5.41, 5.74) is 22.1. The smallest absolute Gasteiger partial charge is 0.497 e. The second-order valence-corrected chi connectivity index (χ2v) is 34.6. The number of nitrogens with one attached hydrogen (secondary N) is 4. The number of ether oxygens (including phenoxy) is 2. The second-order valence-electron chi connectivity index (χ2n) is 34.6. The molecule has 8 aliphatic rings. The Morgan fingerprint density at radius 1 is 0.467 bits per heavy atom. The van der Waals surface area contributed by atoms with Gasteiger partial charge < -0.3 is 74.8 Å². The lowest BCUT2D eigenvalue weighted by Crippen LogP contribution is -2.55. The number of halogens is 4. The Balaban J connectivity index is 0.000000127. The molecule has 12 aromatic rings. The Hall–Kier alpha value is -16.0. The van der Waals surface area contributed by atoms with E-state index < -0.39 is 6.36 Å². The van der Waals surface area contributed by atoms with E-state index >= 15 is 0 Å². The molecule has 4 aliphatic carbocycles. The highest BCUT2D eigenvalue weighted by atomic mass is 19.4. The van der Waals surface area contributed by atoms with Crippen molar-refractivity contribution >= 4 is 111 Å². The van der Waals surface area contributed by atoms with Crippen molar-refractivity contribution in [2.45, 2.75) is 70.9 Å². The molecule has 5 aromatic heterocycles. The Morgan fingerprint density at radius 3 is 1.38 bits per heavy atom. The van der Waals surface area contributed by atoms with Crippen molar-refractivity contribution in [2.75, 3.05) is 153 Å². The highest BCUT2D eigenvalue weighted by Crippen LogP contribution is 2.42. The molecule has 9 heterocycles. The van der Waals surface area contributed by atoms with Crippen LogP contribution in [0, 0.1) is 18.2 Å². The van der Waals surface area contributed by atoms with Crippen LogP contribution < -0.4 is 55.2 Å². The lowest BCUT2D eigenvalue weighted by molar-refractivity contribution is -0.274. The van der Waals surface area contributed by atoms with Crippen LogP contribution in [-0.4, -0.2) is 214 Å². The van der Waals surface area contributed by atoms with Gasteiger partial charge in [0.2, 0.25) is 0 Å². The molecule has 137 heavy (non-hydrogen) atoms. The largest absolute Gasteiger partial charge is 0.573 e. The molecule has 4 aliphatic heterocycles. The van der Waals surface area contributed by atoms with E-state index in [0.717, 1.165) is 164 Å². The summed E-state index contributed by atoms with van der Waals surface area (Å²) >= 11 is 0. The average Bonchev–Trinajstić information content (AvgIpc) is 1.69. The minimum atomic E-state index is -4.73. The van der Waals surface area contributed by atoms with Gasteiger partial charge in [-0.1, -0.05) is 103 Å². The standard InChI is InChI=1S/C29H29N5O2.C26H23F4N5O.C26H29N7O.C25H25N5O/c1-4-21-8-10-22(11-9-21)24-17-26-27(18-24)30-19-31-28(26)33-12-14-34(15-13-33)29(35)32-20(2)23-6-5-7-25(16-23)36-3;1-17(33-19-6-8-20(9-7-19)36-26(28,29)30)34-10-12-35(13-11-34)25-22-14-18(15-24(22)31-16-32-25)21-4-2-3-5-23(21)27;1-18-16-32(12-13-33(18)26(34)30-21-4-6-22(7-5-21)31(2)3)25-23-14-20(15-24(23)28-17-29-25)19-8-10-27-11-9-19;1-18-16-29(12-13-30(18)25(31)28-21-10-6-3-7-11-21)24-22-14-20(15-23(22)26-17-27-24)19-8-4-2-5-9-19/h1,5-11,16-17,19-20H,12-15,18H2,2-3H3,(H,32,35);2-9,14,16,33H,1,10-13,15H2;4-11,14,17-18H,12-13,15-16H2,1-3H3,(H,30,34);2-11,14,17-18H,12-13,15-16H2,1H3,(H,28,31)/t20-;;2*18-/m0.11/s1. The average molecular weight is 1840 g/mol. The number of aromatic nitrogens is 9. The van der Waals surface area contributed by atoms with E-state index in [-0.39, 0.29) is 47.8 Å². The Morgan fingerprint density at radius 2 is 0.898 bits per heavy atom. The van der Waals surface area contributed by atoms with E-state index in [1.54, 1.807) is 44.6 Å². The number of methoxy groups -OCH3 is 1. The summed E-state index contributed by atoms with van der Waals surface area (Å²) in [4.78, 5) is 97.9. The van der Waals surface area contributed by atoms with E-state index in [4.69, 9.17) is 11.2 Å². The number of anilines is 8. The third-order valence-electron chi connectivity index (χ3n) is 25.5. The van der Waals surface area contributed by atoms with E-state index in [9.17, 15) is 31.9 Å². The van der Waals surface area contributed by atoms with Gasteiger partial charge in [-0.05, 0) is 193 Å². The van der Waals surface area contributed by atoms with E-state index in [1.807, 2.05) is 174 Å². The van der Waals surface area contributed by atoms with Gasteiger partial charge in [-0.15, -0.1) is 19.6 Å². The first-order chi connectivity index (χ1) is 66.5. The number of allylic oxidation sites excluding steroid dienone is 4. The molecular weight excluding hydrogens is 1740 g/mol. The maximum Gasteiger partial charge on any atom is 0.573 e. The highest BCUT2D eigenvalue weighted by Gasteiger charge is 2.37. The quantitative estimate of drug-likeness (QED) is 0.0459. The molecule has 0 bridgehead atoms. The van der Waals surface area contributed by atoms with Crippen molar-refractivity contribution in [1.29, 1.82) is 0 Å². The SMILES string of the molecule is C#Cc1ccc(C2=Cc3c(ncnc3N3CCN(C(=O)N[C@@H](C)c4cccc(OC)c4)CC3)C2)cc1.C=C(Nc1ccc(OC(F)(F)F)cc1)N1CCN(c2ncnc3c2C=C(c2ccccc2F)C3)CC1.C[C@@H]1CN(c2ncnc3c2C=C(c2ccccc2)C3)CCN1C(=O)Nc1ccccc1.C[C@@H]1CN(c2ncnc3c2C=C(c2ccncc2)C3)CCN1C(=O)Nc1ccc(N(C)C)cc1. The second kappa shape index (κ2) is 42.1. The summed E-state index contributed by atoms with van der Waals surface area (Å²) in [5, 5.41) is 12.3. The van der Waals surface area contributed by atoms with Gasteiger partial charge in [0.15, 0.2) is 0 Å². The number of hydrogen-bond acceptors (Lipinski definition) is 21. The maximum atomic E-state index is 14.3. The zero-order valence-corrected chi connectivity index (χ0v) is 77.1. The summed E-state index contributed by atoms with van der Waals surface area (Å²) in [6.07, 6.45) is 22.4. The van der Waals surface area contributed by atoms with Crippen molar-refractivity contribution in [3.05, 3.63) is 328 Å². The fourth-order valence-electron chi connectivity index (χ4n) is 18.1. The number of piperazine rings is 4. The Kier molecular flexibility index (Phi) is 28.5. The molecule has 0 spiro atoms. The summed E-state index contributed by atoms with van der Waals surface area (Å²) in [6, 6.07) is 59.8. The molecule has 4 saturated heterocycles. The van der Waals surface area contributed by atoms with Crippen LogP contribution in [0.4, 0.5) is 78.0 Å². The van der Waals surface area contributed by atoms with Crippen LogP contribution in [0.1, 0.15) is 105 Å². The van der Waals surface area contributed by atoms with Gasteiger partial charge in [0.05, 0.1) is 41.7 Å². The molecular formula is C106H106F4N22O5. The predicted octanol–water partition coefficient (Wildman–Crippen LogP) is 17.6. The number of hydrogen-bond donors (Lipinski definition) is 4. The monoisotopic (exact) mass is 1840 g/mol. The molecule has 3 atom stereocenters. The lowest BCUT2D eigenvalue weighted by atomic mass is 10.0. The van der Waals surface area contributed by atoms with E-state index in [0.29, 0.717) is 88.9 Å². The van der Waals surface area contributed by atoms with Crippen LogP contribution in [0.15, 0.2) is 244 Å². The number of carbonyl (C=O) groups is 3. The first-order valence-corrected chi connectivity index (χ1v) is 45.7. The van der Waals surface area contributed by atoms with Gasteiger partial charge in [-0.3, -0.25) is 4.98 Å². The van der Waals surface area contributed by atoms with Crippen LogP contribution in [0.25, 0.3) is 46.6 Å². The number of alkyl halides is 3. The van der Waals surface area contributed by atoms with Gasteiger partial charge >= 0.3 is 24.5 Å². The number of carbonyl (C=O) groups excluding carboxylic acids is 3. The van der Waals surface area contributed by atoms with Crippen LogP contribution in [0.3, 0.4) is 0 Å². The number of rotatable bonds is 18. The van der Waals surface area contributed by atoms with Crippen LogP contribution in [-0.2, 0) is 25.7 Å². The van der Waals surface area contributed by atoms with Gasteiger partial charge in [0, 0.05) is 212 Å². The first-order valence-electron chi connectivity index (χ1n) is 45.7. The van der Waals surface area contributed by atoms with Crippen molar-refractivity contribution in [1.82, 2.24) is 69.8 Å². The lowest BCUT2D eigenvalue weighted by Gasteiger charge is -2.40. The molecule has 698 valence electrons. The number of amides is 6. The summed E-state index contributed by atoms with van der Waals surface area (Å²) in [7, 11) is 5.64. The molecule has 4 fully saturated rings. The molecule has 0 unspecified atom stereocenters. The van der Waals surface area contributed by atoms with Crippen LogP contribution in [0.5, 0.6) is 11.5 Å². The number of para-hydroxylation sites is 1. The molecule has 7 aromatic carbocycles. The van der Waals surface area contributed by atoms with Crippen molar-refractivity contribution in [3.63, 3.8) is 0 Å². The molecule has 4 N–H and O–H groups in total. The minimum absolute atomic E-state index is 0.0467. The van der Waals surface area contributed by atoms with Gasteiger partial charge in [0.1, 0.15) is 65.9 Å². The van der Waals surface area contributed by atoms with Gasteiger partial charge in [-0.2, -0.15) is 0 Å². The zero-order valence-electron chi connectivity index (χ0n) is 77.1. The predicted molar refractivity (Wildman–Crippen MR) is 531 cm³/mol. The number of fused-ring (bicyclic) bond motifs is 4. The van der Waals surface area contributed by atoms with Crippen LogP contribution in [0.2, 0.25) is 0 Å². The molecule has 0 saturated carbocycles. The Labute approximate surface area is 794 Å². The van der Waals surface area contributed by atoms with E-state index in [2.05, 4.69) is 176 Å². The fourth-order valence-corrected chi connectivity index (χ4v) is 18.1. The highest BCUT2D eigenvalue weighted by molar-refractivity contribution is 5.96. The third-order valence-corrected chi connectivity index (χ3v) is 25.5. The van der Waals surface area contributed by atoms with Gasteiger partial charge in [0.25, 0.3) is 0 Å². The zero-order chi connectivity index (χ0) is 95.2. The molecule has 27 nitrogen and oxygen atoms in total. The van der Waals surface area contributed by atoms with Crippen molar-refractivity contribution in [3.8, 4) is 23.8 Å². The number of pyridine rings is 1. The third kappa shape index (κ3) is 22.3. The number of terminal acetylenes is 1. The van der Waals surface area contributed by atoms with Gasteiger partial charge in [-0.25, -0.2) is 58.6 Å². The summed E-state index contributed by atoms with van der Waals surface area (Å²) in [6.45, 7) is 19.8. The molecule has 6 amide bonds. The van der Waals surface area contributed by atoms with Crippen LogP contribution >= 0.6 is 0 Å². The molecule has 31 heteroatoms. The first kappa shape index (κ1) is 92.8. The van der Waals surface area contributed by atoms with Crippen molar-refractivity contribution in [2.24, 2.45) is 0 Å². The number of nitrogens with zero attached hydrogens (tertiary/aromatic N) is 18. The summed E-state index contributed by atoms with van der Waals surface area (Å²) < 4.78 is 60.6. The summed E-state index contributed by atoms with van der Waals surface area (Å²) in [5.74, 6) is 7.21. The van der Waals surface area contributed by atoms with Crippen molar-refractivity contribution < 1.29 is 41.4 Å². The topological polar surface area (TPSA) is 263 Å². The Bertz CT molecular complexity index is 6530. The minimum Gasteiger partial charge on any atom is -0.497 e. The number of benzene rings is 7.